The van der Waals surface area contributed by atoms with E-state index in [0.29, 0.717) is 11.7 Å². The van der Waals surface area contributed by atoms with Crippen molar-refractivity contribution in [1.82, 2.24) is 0 Å². The molecule has 1 aliphatic rings. The van der Waals surface area contributed by atoms with E-state index in [-0.39, 0.29) is 0 Å². The van der Waals surface area contributed by atoms with Crippen LogP contribution < -0.4 is 0 Å². The zero-order chi connectivity index (χ0) is 10.8. The lowest BCUT2D eigenvalue weighted by Gasteiger charge is -2.21. The number of carbonyl (C=O) groups is 1. The Morgan fingerprint density at radius 2 is 2.20 bits per heavy atom. The van der Waals surface area contributed by atoms with Crippen LogP contribution in [0.4, 0.5) is 0 Å². The standard InChI is InChI=1S/C14H18O/c1-3-4-11-6-7-12-10(2)5-8-14(15)13(12)9-11/h6-7,9-10H,3-5,8H2,1-2H3. The Balaban J connectivity index is 2.40. The number of fused-ring (bicyclic) bond motifs is 1. The molecule has 0 bridgehead atoms. The fraction of sp³-hybridized carbons (Fsp3) is 0.500. The first kappa shape index (κ1) is 10.4. The third-order valence-electron chi connectivity index (χ3n) is 3.29. The first-order chi connectivity index (χ1) is 7.22. The second-order valence-electron chi connectivity index (χ2n) is 4.53. The molecule has 80 valence electrons. The molecule has 0 aliphatic heterocycles. The van der Waals surface area contributed by atoms with Crippen molar-refractivity contribution in [3.63, 3.8) is 0 Å². The van der Waals surface area contributed by atoms with E-state index in [9.17, 15) is 4.79 Å². The van der Waals surface area contributed by atoms with Crippen LogP contribution in [0.1, 0.15) is 60.5 Å². The molecular formula is C14H18O. The van der Waals surface area contributed by atoms with Gasteiger partial charge in [0, 0.05) is 12.0 Å². The third kappa shape index (κ3) is 1.97. The second-order valence-corrected chi connectivity index (χ2v) is 4.53. The Kier molecular flexibility index (Phi) is 2.90. The minimum atomic E-state index is 0.334. The van der Waals surface area contributed by atoms with Gasteiger partial charge < -0.3 is 0 Å². The molecule has 0 radical (unpaired) electrons. The maximum Gasteiger partial charge on any atom is 0.163 e. The number of ketones is 1. The summed E-state index contributed by atoms with van der Waals surface area (Å²) in [4.78, 5) is 11.8. The molecule has 1 unspecified atom stereocenters. The largest absolute Gasteiger partial charge is 0.294 e. The highest BCUT2D eigenvalue weighted by atomic mass is 16.1. The van der Waals surface area contributed by atoms with Crippen molar-refractivity contribution < 1.29 is 4.79 Å². The number of aryl methyl sites for hydroxylation is 1. The van der Waals surface area contributed by atoms with Crippen molar-refractivity contribution in [2.45, 2.75) is 45.4 Å². The lowest BCUT2D eigenvalue weighted by Crippen LogP contribution is -2.14. The van der Waals surface area contributed by atoms with Gasteiger partial charge >= 0.3 is 0 Å². The molecule has 0 N–H and O–H groups in total. The molecule has 1 nitrogen and oxygen atoms in total. The molecular weight excluding hydrogens is 184 g/mol. The van der Waals surface area contributed by atoms with Crippen LogP contribution in [-0.2, 0) is 6.42 Å². The van der Waals surface area contributed by atoms with Crippen LogP contribution in [0.25, 0.3) is 0 Å². The zero-order valence-electron chi connectivity index (χ0n) is 9.55. The minimum Gasteiger partial charge on any atom is -0.294 e. The molecule has 1 heteroatoms. The van der Waals surface area contributed by atoms with E-state index < -0.39 is 0 Å². The van der Waals surface area contributed by atoms with Crippen LogP contribution >= 0.6 is 0 Å². The van der Waals surface area contributed by atoms with Crippen LogP contribution in [0.2, 0.25) is 0 Å². The van der Waals surface area contributed by atoms with Crippen LogP contribution in [0.5, 0.6) is 0 Å². The van der Waals surface area contributed by atoms with E-state index in [2.05, 4.69) is 32.0 Å². The average Bonchev–Trinajstić information content (AvgIpc) is 2.24. The molecule has 1 atom stereocenters. The van der Waals surface area contributed by atoms with Crippen LogP contribution in [-0.4, -0.2) is 5.78 Å². The van der Waals surface area contributed by atoms with Crippen molar-refractivity contribution in [1.29, 1.82) is 0 Å². The molecule has 0 saturated heterocycles. The summed E-state index contributed by atoms with van der Waals surface area (Å²) in [5.41, 5.74) is 3.55. The summed E-state index contributed by atoms with van der Waals surface area (Å²) in [6, 6.07) is 6.44. The van der Waals surface area contributed by atoms with Crippen molar-refractivity contribution in [2.24, 2.45) is 0 Å². The summed E-state index contributed by atoms with van der Waals surface area (Å²) in [5, 5.41) is 0. The minimum absolute atomic E-state index is 0.334. The number of rotatable bonds is 2. The van der Waals surface area contributed by atoms with Gasteiger partial charge in [-0.2, -0.15) is 0 Å². The quantitative estimate of drug-likeness (QED) is 0.714. The topological polar surface area (TPSA) is 17.1 Å². The SMILES string of the molecule is CCCc1ccc2c(c1)C(=O)CCC2C. The third-order valence-corrected chi connectivity index (χ3v) is 3.29. The maximum absolute atomic E-state index is 11.8. The van der Waals surface area contributed by atoms with Gasteiger partial charge in [0.15, 0.2) is 5.78 Å². The first-order valence-corrected chi connectivity index (χ1v) is 5.88. The van der Waals surface area contributed by atoms with E-state index in [0.717, 1.165) is 31.2 Å². The van der Waals surface area contributed by atoms with Gasteiger partial charge in [-0.25, -0.2) is 0 Å². The van der Waals surface area contributed by atoms with Gasteiger partial charge in [-0.1, -0.05) is 32.4 Å². The van der Waals surface area contributed by atoms with E-state index >= 15 is 0 Å². The number of hydrogen-bond donors (Lipinski definition) is 0. The Morgan fingerprint density at radius 3 is 2.93 bits per heavy atom. The predicted octanol–water partition coefficient (Wildman–Crippen LogP) is 3.72. The molecule has 0 heterocycles. The molecule has 0 saturated carbocycles. The highest BCUT2D eigenvalue weighted by molar-refractivity contribution is 5.98. The Morgan fingerprint density at radius 1 is 1.40 bits per heavy atom. The van der Waals surface area contributed by atoms with Gasteiger partial charge in [0.05, 0.1) is 0 Å². The summed E-state index contributed by atoms with van der Waals surface area (Å²) < 4.78 is 0. The number of hydrogen-bond acceptors (Lipinski definition) is 1. The maximum atomic E-state index is 11.8. The number of carbonyl (C=O) groups excluding carboxylic acids is 1. The molecule has 15 heavy (non-hydrogen) atoms. The van der Waals surface area contributed by atoms with E-state index in [1.54, 1.807) is 0 Å². The van der Waals surface area contributed by atoms with Gasteiger partial charge in [-0.3, -0.25) is 4.79 Å². The first-order valence-electron chi connectivity index (χ1n) is 5.88. The lowest BCUT2D eigenvalue weighted by atomic mass is 9.82. The average molecular weight is 202 g/mol. The molecule has 1 aliphatic carbocycles. The molecule has 0 spiro atoms. The summed E-state index contributed by atoms with van der Waals surface area (Å²) in [5.74, 6) is 0.884. The van der Waals surface area contributed by atoms with E-state index in [1.165, 1.54) is 11.1 Å². The fourth-order valence-electron chi connectivity index (χ4n) is 2.36. The summed E-state index contributed by atoms with van der Waals surface area (Å²) in [7, 11) is 0. The summed E-state index contributed by atoms with van der Waals surface area (Å²) in [6.45, 7) is 4.38. The summed E-state index contributed by atoms with van der Waals surface area (Å²) >= 11 is 0. The van der Waals surface area contributed by atoms with Gasteiger partial charge in [-0.15, -0.1) is 0 Å². The summed E-state index contributed by atoms with van der Waals surface area (Å²) in [6.07, 6.45) is 3.96. The highest BCUT2D eigenvalue weighted by Crippen LogP contribution is 2.31. The van der Waals surface area contributed by atoms with Gasteiger partial charge in [0.2, 0.25) is 0 Å². The van der Waals surface area contributed by atoms with Crippen LogP contribution in [0.15, 0.2) is 18.2 Å². The van der Waals surface area contributed by atoms with Crippen molar-refractivity contribution >= 4 is 5.78 Å². The van der Waals surface area contributed by atoms with Gasteiger partial charge in [-0.05, 0) is 36.0 Å². The molecule has 0 fully saturated rings. The highest BCUT2D eigenvalue weighted by Gasteiger charge is 2.22. The zero-order valence-corrected chi connectivity index (χ0v) is 9.55. The van der Waals surface area contributed by atoms with Crippen molar-refractivity contribution in [3.05, 3.63) is 34.9 Å². The monoisotopic (exact) mass is 202 g/mol. The van der Waals surface area contributed by atoms with Crippen molar-refractivity contribution in [3.8, 4) is 0 Å². The number of benzene rings is 1. The predicted molar refractivity (Wildman–Crippen MR) is 62.4 cm³/mol. The number of Topliss-reactive ketones (excluding diaryl/α,β-unsaturated/α-hetero) is 1. The molecule has 1 aromatic carbocycles. The molecule has 2 rings (SSSR count). The second kappa shape index (κ2) is 4.18. The van der Waals surface area contributed by atoms with Gasteiger partial charge in [0.25, 0.3) is 0 Å². The fourth-order valence-corrected chi connectivity index (χ4v) is 2.36. The Bertz CT molecular complexity index is 379. The van der Waals surface area contributed by atoms with Crippen LogP contribution in [0, 0.1) is 0 Å². The Hall–Kier alpha value is -1.11. The van der Waals surface area contributed by atoms with Crippen LogP contribution in [0.3, 0.4) is 0 Å². The normalized spacial score (nSPS) is 20.1. The lowest BCUT2D eigenvalue weighted by molar-refractivity contribution is 0.0968. The molecule has 0 amide bonds. The van der Waals surface area contributed by atoms with Crippen molar-refractivity contribution in [2.75, 3.05) is 0 Å². The smallest absolute Gasteiger partial charge is 0.163 e. The van der Waals surface area contributed by atoms with E-state index in [1.807, 2.05) is 0 Å². The molecule has 0 aromatic heterocycles. The molecule has 1 aromatic rings. The van der Waals surface area contributed by atoms with E-state index in [4.69, 9.17) is 0 Å². The van der Waals surface area contributed by atoms with Gasteiger partial charge in [0.1, 0.15) is 0 Å². The Labute approximate surface area is 91.5 Å².